The van der Waals surface area contributed by atoms with E-state index >= 15 is 0 Å². The number of fused-ring (bicyclic) bond motifs is 3. The molecule has 1 aromatic carbocycles. The van der Waals surface area contributed by atoms with Crippen LogP contribution in [0.4, 0.5) is 15.1 Å². The van der Waals surface area contributed by atoms with E-state index in [-0.39, 0.29) is 23.7 Å². The van der Waals surface area contributed by atoms with Crippen LogP contribution in [0.3, 0.4) is 0 Å². The lowest BCUT2D eigenvalue weighted by Gasteiger charge is -2.31. The van der Waals surface area contributed by atoms with Crippen LogP contribution in [0.15, 0.2) is 30.6 Å². The molecule has 11 heteroatoms. The number of aromatic nitrogens is 5. The molecule has 9 nitrogen and oxygen atoms in total. The molecule has 36 heavy (non-hydrogen) atoms. The monoisotopic (exact) mass is 511 g/mol. The summed E-state index contributed by atoms with van der Waals surface area (Å²) in [4.78, 5) is 25.2. The standard InChI is InChI=1S/C25H27ClFN7O2/c1-15-21-30-31-22(16-5-9-32(10-6-16)23-28-12-19(27)13-29-23)34(21)20-4-3-18(26)11-17(20)14-33(15)24(35)36-25(2)7-8-25/h3-4,11-13,15-16H,5-10,14H2,1-2H3. The van der Waals surface area contributed by atoms with Crippen LogP contribution in [0.25, 0.3) is 5.69 Å². The number of anilines is 1. The summed E-state index contributed by atoms with van der Waals surface area (Å²) in [6.45, 7) is 5.73. The molecular weight excluding hydrogens is 485 g/mol. The number of piperidine rings is 1. The number of benzene rings is 1. The zero-order valence-electron chi connectivity index (χ0n) is 20.2. The summed E-state index contributed by atoms with van der Waals surface area (Å²) in [5.41, 5.74) is 1.48. The van der Waals surface area contributed by atoms with Crippen molar-refractivity contribution in [1.82, 2.24) is 29.6 Å². The number of carbonyl (C=O) groups excluding carboxylic acids is 1. The van der Waals surface area contributed by atoms with E-state index in [9.17, 15) is 9.18 Å². The summed E-state index contributed by atoms with van der Waals surface area (Å²) in [5, 5.41) is 9.81. The van der Waals surface area contributed by atoms with Crippen LogP contribution in [0.1, 0.15) is 68.7 Å². The predicted molar refractivity (Wildman–Crippen MR) is 131 cm³/mol. The lowest BCUT2D eigenvalue weighted by molar-refractivity contribution is 0.0453. The first kappa shape index (κ1) is 23.1. The highest BCUT2D eigenvalue weighted by atomic mass is 35.5. The van der Waals surface area contributed by atoms with Gasteiger partial charge in [-0.3, -0.25) is 9.47 Å². The van der Waals surface area contributed by atoms with Gasteiger partial charge >= 0.3 is 6.09 Å². The zero-order valence-corrected chi connectivity index (χ0v) is 21.0. The molecule has 4 heterocycles. The Hall–Kier alpha value is -3.27. The summed E-state index contributed by atoms with van der Waals surface area (Å²) in [5.74, 6) is 1.80. The first-order valence-corrected chi connectivity index (χ1v) is 12.7. The van der Waals surface area contributed by atoms with Crippen LogP contribution in [-0.2, 0) is 11.3 Å². The number of carbonyl (C=O) groups is 1. The van der Waals surface area contributed by atoms with E-state index < -0.39 is 5.82 Å². The van der Waals surface area contributed by atoms with Crippen molar-refractivity contribution in [2.45, 2.75) is 63.6 Å². The molecule has 6 rings (SSSR count). The molecule has 0 bridgehead atoms. The smallest absolute Gasteiger partial charge is 0.411 e. The minimum atomic E-state index is -0.447. The van der Waals surface area contributed by atoms with Gasteiger partial charge in [-0.1, -0.05) is 11.6 Å². The minimum absolute atomic E-state index is 0.155. The third kappa shape index (κ3) is 4.17. The maximum absolute atomic E-state index is 13.2. The molecule has 2 aliphatic heterocycles. The number of nitrogens with zero attached hydrogens (tertiary/aromatic N) is 7. The molecule has 0 spiro atoms. The average Bonchev–Trinajstić information content (AvgIpc) is 3.46. The molecule has 3 aliphatic rings. The highest BCUT2D eigenvalue weighted by molar-refractivity contribution is 6.30. The van der Waals surface area contributed by atoms with Crippen LogP contribution in [0, 0.1) is 5.82 Å². The maximum Gasteiger partial charge on any atom is 0.411 e. The Bertz CT molecular complexity index is 1300. The van der Waals surface area contributed by atoms with Crippen LogP contribution >= 0.6 is 11.6 Å². The Morgan fingerprint density at radius 3 is 2.53 bits per heavy atom. The van der Waals surface area contributed by atoms with Crippen molar-refractivity contribution in [1.29, 1.82) is 0 Å². The highest BCUT2D eigenvalue weighted by Gasteiger charge is 2.44. The van der Waals surface area contributed by atoms with Gasteiger partial charge in [-0.15, -0.1) is 10.2 Å². The Morgan fingerprint density at radius 2 is 1.83 bits per heavy atom. The first-order valence-electron chi connectivity index (χ1n) is 12.3. The van der Waals surface area contributed by atoms with Gasteiger partial charge in [0, 0.05) is 24.0 Å². The van der Waals surface area contributed by atoms with Gasteiger partial charge in [0.2, 0.25) is 5.95 Å². The molecule has 0 N–H and O–H groups in total. The zero-order chi connectivity index (χ0) is 25.0. The fraction of sp³-hybridized carbons (Fsp3) is 0.480. The molecule has 1 aliphatic carbocycles. The van der Waals surface area contributed by atoms with E-state index in [2.05, 4.69) is 29.6 Å². The predicted octanol–water partition coefficient (Wildman–Crippen LogP) is 4.80. The molecular formula is C25H27ClFN7O2. The number of ether oxygens (including phenoxy) is 1. The molecule has 1 saturated heterocycles. The summed E-state index contributed by atoms with van der Waals surface area (Å²) >= 11 is 6.37. The van der Waals surface area contributed by atoms with Crippen molar-refractivity contribution in [3.05, 3.63) is 58.6 Å². The van der Waals surface area contributed by atoms with Crippen LogP contribution in [0.2, 0.25) is 5.02 Å². The molecule has 188 valence electrons. The van der Waals surface area contributed by atoms with Crippen LogP contribution in [-0.4, -0.2) is 54.4 Å². The fourth-order valence-electron chi connectivity index (χ4n) is 5.03. The molecule has 1 atom stereocenters. The number of halogens is 2. The van der Waals surface area contributed by atoms with Gasteiger partial charge < -0.3 is 9.64 Å². The van der Waals surface area contributed by atoms with Gasteiger partial charge in [0.1, 0.15) is 11.4 Å². The molecule has 0 radical (unpaired) electrons. The second kappa shape index (κ2) is 8.69. The second-order valence-corrected chi connectivity index (χ2v) is 10.5. The molecule has 3 aromatic rings. The van der Waals surface area contributed by atoms with Crippen LogP contribution < -0.4 is 4.90 Å². The third-order valence-electron chi connectivity index (χ3n) is 7.45. The maximum atomic E-state index is 13.2. The van der Waals surface area contributed by atoms with Crippen molar-refractivity contribution in [3.63, 3.8) is 0 Å². The fourth-order valence-corrected chi connectivity index (χ4v) is 5.22. The molecule has 1 saturated carbocycles. The van der Waals surface area contributed by atoms with Crippen molar-refractivity contribution < 1.29 is 13.9 Å². The Kier molecular flexibility index (Phi) is 5.59. The number of amides is 1. The number of rotatable bonds is 3. The van der Waals surface area contributed by atoms with Gasteiger partial charge in [-0.05, 0) is 63.3 Å². The largest absolute Gasteiger partial charge is 0.443 e. The molecule has 1 amide bonds. The molecule has 2 aromatic heterocycles. The minimum Gasteiger partial charge on any atom is -0.443 e. The van der Waals surface area contributed by atoms with Crippen LogP contribution in [0.5, 0.6) is 0 Å². The van der Waals surface area contributed by atoms with Crippen molar-refractivity contribution in [3.8, 4) is 5.69 Å². The Morgan fingerprint density at radius 1 is 1.14 bits per heavy atom. The SMILES string of the molecule is CC1c2nnc(C3CCN(c4ncc(F)cn4)CC3)n2-c2ccc(Cl)cc2CN1C(=O)OC1(C)CC1. The quantitative estimate of drug-likeness (QED) is 0.499. The Balaban J connectivity index is 1.31. The second-order valence-electron chi connectivity index (χ2n) is 10.1. The highest BCUT2D eigenvalue weighted by Crippen LogP contribution is 2.41. The lowest BCUT2D eigenvalue weighted by Crippen LogP contribution is -2.36. The normalized spacial score (nSPS) is 20.9. The summed E-state index contributed by atoms with van der Waals surface area (Å²) in [6.07, 6.45) is 5.43. The van der Waals surface area contributed by atoms with Gasteiger partial charge in [-0.25, -0.2) is 19.2 Å². The number of hydrogen-bond acceptors (Lipinski definition) is 7. The van der Waals surface area contributed by atoms with E-state index in [4.69, 9.17) is 16.3 Å². The van der Waals surface area contributed by atoms with Gasteiger partial charge in [0.15, 0.2) is 11.6 Å². The van der Waals surface area contributed by atoms with Crippen molar-refractivity contribution in [2.75, 3.05) is 18.0 Å². The van der Waals surface area contributed by atoms with Crippen molar-refractivity contribution >= 4 is 23.6 Å². The van der Waals surface area contributed by atoms with Gasteiger partial charge in [-0.2, -0.15) is 0 Å². The van der Waals surface area contributed by atoms with Gasteiger partial charge in [0.05, 0.1) is 30.7 Å². The molecule has 1 unspecified atom stereocenters. The summed E-state index contributed by atoms with van der Waals surface area (Å²) < 4.78 is 21.1. The summed E-state index contributed by atoms with van der Waals surface area (Å²) in [6, 6.07) is 5.39. The molecule has 2 fully saturated rings. The van der Waals surface area contributed by atoms with Crippen molar-refractivity contribution in [2.24, 2.45) is 0 Å². The summed E-state index contributed by atoms with van der Waals surface area (Å²) in [7, 11) is 0. The van der Waals surface area contributed by atoms with E-state index in [1.807, 2.05) is 32.0 Å². The van der Waals surface area contributed by atoms with Gasteiger partial charge in [0.25, 0.3) is 0 Å². The topological polar surface area (TPSA) is 89.3 Å². The van der Waals surface area contributed by atoms with E-state index in [0.29, 0.717) is 23.3 Å². The Labute approximate surface area is 213 Å². The average molecular weight is 512 g/mol. The third-order valence-corrected chi connectivity index (χ3v) is 7.68. The van der Waals surface area contributed by atoms with E-state index in [1.54, 1.807) is 4.90 Å². The first-order chi connectivity index (χ1) is 17.3. The van der Waals surface area contributed by atoms with E-state index in [0.717, 1.165) is 55.8 Å². The van der Waals surface area contributed by atoms with E-state index in [1.165, 1.54) is 12.4 Å². The number of hydrogen-bond donors (Lipinski definition) is 0. The lowest BCUT2D eigenvalue weighted by atomic mass is 9.95.